The lowest BCUT2D eigenvalue weighted by atomic mass is 10.0. The molecule has 0 saturated carbocycles. The molecule has 5 heteroatoms. The minimum absolute atomic E-state index is 0.664. The Labute approximate surface area is 168 Å². The van der Waals surface area contributed by atoms with E-state index < -0.39 is 0 Å². The molecule has 0 aromatic heterocycles. The molecule has 1 heterocycles. The average Bonchev–Trinajstić information content (AvgIpc) is 2.75. The molecule has 0 spiro atoms. The zero-order chi connectivity index (χ0) is 19.4. The van der Waals surface area contributed by atoms with E-state index in [9.17, 15) is 0 Å². The van der Waals surface area contributed by atoms with Crippen molar-refractivity contribution in [2.45, 2.75) is 32.7 Å². The fraction of sp³-hybridized carbons (Fsp3) is 0.522. The molecule has 0 bridgehead atoms. The van der Waals surface area contributed by atoms with E-state index >= 15 is 0 Å². The van der Waals surface area contributed by atoms with Gasteiger partial charge in [-0.2, -0.15) is 0 Å². The standard InChI is InChI=1S/C23H33N3O2/c1-2-24-23(25-13-6-14-28-18-19-11-15-27-16-12-19)26-17-21-9-5-8-20-7-3-4-10-22(20)21/h3-5,7-10,19H,2,6,11-18H2,1H3,(H2,24,25,26). The number of hydrogen-bond donors (Lipinski definition) is 2. The van der Waals surface area contributed by atoms with Crippen LogP contribution >= 0.6 is 0 Å². The molecule has 0 radical (unpaired) electrons. The Bertz CT molecular complexity index is 736. The topological polar surface area (TPSA) is 54.9 Å². The summed E-state index contributed by atoms with van der Waals surface area (Å²) in [4.78, 5) is 4.76. The first kappa shape index (κ1) is 20.6. The van der Waals surface area contributed by atoms with E-state index in [1.54, 1.807) is 0 Å². The SMILES string of the molecule is CCNC(=NCc1cccc2ccccc12)NCCCOCC1CCOCC1. The van der Waals surface area contributed by atoms with Crippen LogP contribution in [0.25, 0.3) is 10.8 Å². The quantitative estimate of drug-likeness (QED) is 0.394. The largest absolute Gasteiger partial charge is 0.381 e. The molecule has 1 saturated heterocycles. The van der Waals surface area contributed by atoms with Gasteiger partial charge < -0.3 is 20.1 Å². The Morgan fingerprint density at radius 3 is 2.79 bits per heavy atom. The highest BCUT2D eigenvalue weighted by molar-refractivity contribution is 5.86. The van der Waals surface area contributed by atoms with E-state index in [2.05, 4.69) is 60.0 Å². The monoisotopic (exact) mass is 383 g/mol. The summed E-state index contributed by atoms with van der Waals surface area (Å²) in [5.41, 5.74) is 1.25. The van der Waals surface area contributed by atoms with Gasteiger partial charge in [-0.1, -0.05) is 42.5 Å². The van der Waals surface area contributed by atoms with Crippen LogP contribution < -0.4 is 10.6 Å². The van der Waals surface area contributed by atoms with Crippen LogP contribution in [0.2, 0.25) is 0 Å². The summed E-state index contributed by atoms with van der Waals surface area (Å²) in [7, 11) is 0. The number of hydrogen-bond acceptors (Lipinski definition) is 3. The van der Waals surface area contributed by atoms with Crippen molar-refractivity contribution >= 4 is 16.7 Å². The Balaban J connectivity index is 1.42. The fourth-order valence-corrected chi connectivity index (χ4v) is 3.48. The van der Waals surface area contributed by atoms with Crippen LogP contribution in [0.5, 0.6) is 0 Å². The Morgan fingerprint density at radius 1 is 1.11 bits per heavy atom. The van der Waals surface area contributed by atoms with Crippen molar-refractivity contribution in [1.82, 2.24) is 10.6 Å². The van der Waals surface area contributed by atoms with Crippen LogP contribution in [0.3, 0.4) is 0 Å². The second-order valence-corrected chi connectivity index (χ2v) is 7.24. The fourth-order valence-electron chi connectivity index (χ4n) is 3.48. The maximum atomic E-state index is 5.84. The van der Waals surface area contributed by atoms with Gasteiger partial charge in [0.2, 0.25) is 0 Å². The lowest BCUT2D eigenvalue weighted by Crippen LogP contribution is -2.38. The van der Waals surface area contributed by atoms with E-state index in [1.165, 1.54) is 16.3 Å². The molecule has 152 valence electrons. The van der Waals surface area contributed by atoms with E-state index in [-0.39, 0.29) is 0 Å². The van der Waals surface area contributed by atoms with Gasteiger partial charge in [0.25, 0.3) is 0 Å². The van der Waals surface area contributed by atoms with Crippen LogP contribution in [0.15, 0.2) is 47.5 Å². The highest BCUT2D eigenvalue weighted by Gasteiger charge is 2.13. The molecule has 0 atom stereocenters. The molecule has 1 fully saturated rings. The van der Waals surface area contributed by atoms with Crippen LogP contribution in [-0.2, 0) is 16.0 Å². The van der Waals surface area contributed by atoms with Gasteiger partial charge in [-0.3, -0.25) is 0 Å². The van der Waals surface area contributed by atoms with Crippen molar-refractivity contribution in [2.24, 2.45) is 10.9 Å². The van der Waals surface area contributed by atoms with Gasteiger partial charge in [-0.05, 0) is 48.4 Å². The molecule has 1 aliphatic rings. The molecule has 28 heavy (non-hydrogen) atoms. The number of fused-ring (bicyclic) bond motifs is 1. The van der Waals surface area contributed by atoms with Crippen molar-refractivity contribution in [3.63, 3.8) is 0 Å². The highest BCUT2D eigenvalue weighted by Crippen LogP contribution is 2.19. The van der Waals surface area contributed by atoms with E-state index in [1.807, 2.05) is 0 Å². The number of guanidine groups is 1. The zero-order valence-electron chi connectivity index (χ0n) is 17.0. The summed E-state index contributed by atoms with van der Waals surface area (Å²) in [5.74, 6) is 1.53. The molecular formula is C23H33N3O2. The third-order valence-corrected chi connectivity index (χ3v) is 5.08. The van der Waals surface area contributed by atoms with Gasteiger partial charge >= 0.3 is 0 Å². The molecule has 0 aliphatic carbocycles. The van der Waals surface area contributed by atoms with Gasteiger partial charge in [-0.15, -0.1) is 0 Å². The van der Waals surface area contributed by atoms with Crippen molar-refractivity contribution in [2.75, 3.05) is 39.5 Å². The predicted octanol–water partition coefficient (Wildman–Crippen LogP) is 3.73. The number of nitrogens with one attached hydrogen (secondary N) is 2. The highest BCUT2D eigenvalue weighted by atomic mass is 16.5. The van der Waals surface area contributed by atoms with E-state index in [0.29, 0.717) is 12.5 Å². The molecule has 2 aromatic rings. The third kappa shape index (κ3) is 6.50. The van der Waals surface area contributed by atoms with Crippen molar-refractivity contribution in [3.8, 4) is 0 Å². The summed E-state index contributed by atoms with van der Waals surface area (Å²) in [6.45, 7) is 7.87. The molecule has 1 aliphatic heterocycles. The first-order valence-corrected chi connectivity index (χ1v) is 10.5. The minimum Gasteiger partial charge on any atom is -0.381 e. The summed E-state index contributed by atoms with van der Waals surface area (Å²) >= 11 is 0. The lowest BCUT2D eigenvalue weighted by Gasteiger charge is -2.21. The van der Waals surface area contributed by atoms with Gasteiger partial charge in [0.1, 0.15) is 0 Å². The van der Waals surface area contributed by atoms with Crippen molar-refractivity contribution in [3.05, 3.63) is 48.0 Å². The number of benzene rings is 2. The minimum atomic E-state index is 0.664. The van der Waals surface area contributed by atoms with Crippen molar-refractivity contribution in [1.29, 1.82) is 0 Å². The van der Waals surface area contributed by atoms with Gasteiger partial charge in [0.15, 0.2) is 5.96 Å². The molecule has 2 aromatic carbocycles. The summed E-state index contributed by atoms with van der Waals surface area (Å²) < 4.78 is 11.2. The van der Waals surface area contributed by atoms with Gasteiger partial charge in [-0.25, -0.2) is 4.99 Å². The van der Waals surface area contributed by atoms with Crippen molar-refractivity contribution < 1.29 is 9.47 Å². The van der Waals surface area contributed by atoms with Crippen LogP contribution in [-0.4, -0.2) is 45.5 Å². The van der Waals surface area contributed by atoms with Crippen LogP contribution in [0.4, 0.5) is 0 Å². The maximum absolute atomic E-state index is 5.84. The average molecular weight is 384 g/mol. The number of nitrogens with zero attached hydrogens (tertiary/aromatic N) is 1. The molecular weight excluding hydrogens is 350 g/mol. The first-order valence-electron chi connectivity index (χ1n) is 10.5. The molecule has 5 nitrogen and oxygen atoms in total. The molecule has 0 unspecified atom stereocenters. The van der Waals surface area contributed by atoms with Gasteiger partial charge in [0, 0.05) is 39.5 Å². The first-order chi connectivity index (χ1) is 13.9. The third-order valence-electron chi connectivity index (χ3n) is 5.08. The second-order valence-electron chi connectivity index (χ2n) is 7.24. The summed E-state index contributed by atoms with van der Waals surface area (Å²) in [5, 5.41) is 9.27. The Morgan fingerprint density at radius 2 is 1.93 bits per heavy atom. The Hall–Kier alpha value is -2.11. The second kappa shape index (κ2) is 11.7. The lowest BCUT2D eigenvalue weighted by molar-refractivity contribution is 0.0203. The van der Waals surface area contributed by atoms with Crippen LogP contribution in [0.1, 0.15) is 31.7 Å². The van der Waals surface area contributed by atoms with E-state index in [4.69, 9.17) is 14.5 Å². The van der Waals surface area contributed by atoms with E-state index in [0.717, 1.165) is 64.7 Å². The normalized spacial score (nSPS) is 15.7. The predicted molar refractivity (Wildman–Crippen MR) is 116 cm³/mol. The number of ether oxygens (including phenoxy) is 2. The number of aliphatic imine (C=N–C) groups is 1. The smallest absolute Gasteiger partial charge is 0.191 e. The number of rotatable bonds is 9. The molecule has 3 rings (SSSR count). The Kier molecular flexibility index (Phi) is 8.59. The van der Waals surface area contributed by atoms with Crippen LogP contribution in [0, 0.1) is 5.92 Å². The maximum Gasteiger partial charge on any atom is 0.191 e. The summed E-state index contributed by atoms with van der Waals surface area (Å²) in [6.07, 6.45) is 3.23. The summed E-state index contributed by atoms with van der Waals surface area (Å²) in [6, 6.07) is 14.9. The van der Waals surface area contributed by atoms with Gasteiger partial charge in [0.05, 0.1) is 6.54 Å². The molecule has 2 N–H and O–H groups in total. The molecule has 0 amide bonds. The zero-order valence-corrected chi connectivity index (χ0v) is 17.0.